The molecular weight excluding hydrogens is 182 g/mol. The van der Waals surface area contributed by atoms with Gasteiger partial charge < -0.3 is 0 Å². The lowest BCUT2D eigenvalue weighted by molar-refractivity contribution is 0.423. The van der Waals surface area contributed by atoms with Crippen molar-refractivity contribution in [1.82, 2.24) is 0 Å². The quantitative estimate of drug-likeness (QED) is 0.641. The fourth-order valence-corrected chi connectivity index (χ4v) is 1.27. The molecular formula is C12H12F2. The number of benzene rings is 1. The molecule has 0 bridgehead atoms. The average Bonchev–Trinajstić information content (AvgIpc) is 2.15. The van der Waals surface area contributed by atoms with Crippen molar-refractivity contribution in [3.05, 3.63) is 53.3 Å². The van der Waals surface area contributed by atoms with E-state index in [0.29, 0.717) is 6.42 Å². The van der Waals surface area contributed by atoms with Gasteiger partial charge in [0, 0.05) is 0 Å². The summed E-state index contributed by atoms with van der Waals surface area (Å²) in [5.74, 6) is 0. The third kappa shape index (κ3) is 3.55. The number of aryl methyl sites for hydroxylation is 2. The molecule has 0 amide bonds. The van der Waals surface area contributed by atoms with E-state index in [1.54, 1.807) is 0 Å². The molecule has 1 aromatic rings. The molecule has 0 aliphatic heterocycles. The molecule has 0 nitrogen and oxygen atoms in total. The van der Waals surface area contributed by atoms with Crippen LogP contribution >= 0.6 is 0 Å². The van der Waals surface area contributed by atoms with Crippen molar-refractivity contribution < 1.29 is 8.78 Å². The Labute approximate surface area is 82.6 Å². The molecule has 2 heteroatoms. The summed E-state index contributed by atoms with van der Waals surface area (Å²) >= 11 is 0. The molecule has 0 aliphatic rings. The van der Waals surface area contributed by atoms with Gasteiger partial charge in [0.05, 0.1) is 0 Å². The Bertz CT molecular complexity index is 356. The highest BCUT2D eigenvalue weighted by Crippen LogP contribution is 2.09. The van der Waals surface area contributed by atoms with E-state index in [9.17, 15) is 8.78 Å². The average molecular weight is 194 g/mol. The van der Waals surface area contributed by atoms with Crippen molar-refractivity contribution in [1.29, 1.82) is 0 Å². The summed E-state index contributed by atoms with van der Waals surface area (Å²) in [6.45, 7) is 2.02. The lowest BCUT2D eigenvalue weighted by atomic mass is 10.0. The van der Waals surface area contributed by atoms with Gasteiger partial charge in [0.15, 0.2) is 0 Å². The molecule has 0 unspecified atom stereocenters. The molecule has 0 saturated carbocycles. The van der Waals surface area contributed by atoms with E-state index in [-0.39, 0.29) is 0 Å². The molecule has 1 aromatic carbocycles. The normalized spacial score (nSPS) is 9.36. The topological polar surface area (TPSA) is 0 Å². The summed E-state index contributed by atoms with van der Waals surface area (Å²) in [5, 5.41) is 0. The molecule has 0 spiro atoms. The van der Waals surface area contributed by atoms with Crippen LogP contribution < -0.4 is 0 Å². The lowest BCUT2D eigenvalue weighted by Gasteiger charge is -2.01. The van der Waals surface area contributed by atoms with Gasteiger partial charge in [-0.25, -0.2) is 0 Å². The van der Waals surface area contributed by atoms with Gasteiger partial charge in [0.1, 0.15) is 0 Å². The summed E-state index contributed by atoms with van der Waals surface area (Å²) in [7, 11) is 0. The second-order valence-corrected chi connectivity index (χ2v) is 3.07. The Hall–Kier alpha value is -1.40. The number of allylic oxidation sites excluding steroid dienone is 1. The fraction of sp³-hybridized carbons (Fsp3) is 0.250. The van der Waals surface area contributed by atoms with Crippen LogP contribution in [0.15, 0.2) is 42.2 Å². The van der Waals surface area contributed by atoms with Crippen LogP contribution in [0.1, 0.15) is 17.5 Å². The zero-order chi connectivity index (χ0) is 10.4. The minimum absolute atomic E-state index is 0.599. The zero-order valence-corrected chi connectivity index (χ0v) is 8.06. The standard InChI is InChI=1S/C12H12F2/c1-10-6-2-3-7-11(10)8-4-5-9-12(13)14/h2-3,5-7H,4,8H2,1H3. The second-order valence-electron chi connectivity index (χ2n) is 3.07. The Kier molecular flexibility index (Phi) is 4.09. The van der Waals surface area contributed by atoms with Crippen molar-refractivity contribution in [2.24, 2.45) is 0 Å². The maximum absolute atomic E-state index is 11.6. The van der Waals surface area contributed by atoms with E-state index in [1.165, 1.54) is 17.2 Å². The monoisotopic (exact) mass is 194 g/mol. The largest absolute Gasteiger partial charge is 0.312 e. The molecule has 0 aromatic heterocycles. The Morgan fingerprint density at radius 1 is 1.36 bits per heavy atom. The predicted octanol–water partition coefficient (Wildman–Crippen LogP) is 3.86. The third-order valence-corrected chi connectivity index (χ3v) is 2.03. The highest BCUT2D eigenvalue weighted by atomic mass is 19.3. The highest BCUT2D eigenvalue weighted by Gasteiger charge is 1.94. The van der Waals surface area contributed by atoms with Crippen LogP contribution in [-0.2, 0) is 6.42 Å². The van der Waals surface area contributed by atoms with Crippen molar-refractivity contribution in [2.75, 3.05) is 0 Å². The van der Waals surface area contributed by atoms with Gasteiger partial charge in [0.25, 0.3) is 0 Å². The molecule has 14 heavy (non-hydrogen) atoms. The first-order valence-corrected chi connectivity index (χ1v) is 4.51. The van der Waals surface area contributed by atoms with Crippen LogP contribution in [0.5, 0.6) is 0 Å². The van der Waals surface area contributed by atoms with E-state index in [2.05, 4.69) is 0 Å². The molecule has 0 N–H and O–H groups in total. The molecule has 0 heterocycles. The Balaban J connectivity index is 2.55. The lowest BCUT2D eigenvalue weighted by Crippen LogP contribution is -1.86. The molecule has 1 rings (SSSR count). The second kappa shape index (κ2) is 5.36. The van der Waals surface area contributed by atoms with Gasteiger partial charge in [-0.2, -0.15) is 8.78 Å². The Morgan fingerprint density at radius 2 is 2.07 bits per heavy atom. The number of halogens is 2. The molecule has 0 radical (unpaired) electrons. The highest BCUT2D eigenvalue weighted by molar-refractivity contribution is 5.25. The smallest absolute Gasteiger partial charge is 0.164 e. The molecule has 0 atom stereocenters. The summed E-state index contributed by atoms with van der Waals surface area (Å²) in [5.41, 5.74) is 4.29. The van der Waals surface area contributed by atoms with Crippen LogP contribution in [0.2, 0.25) is 0 Å². The summed E-state index contributed by atoms with van der Waals surface area (Å²) in [6.07, 6.45) is 1.01. The summed E-state index contributed by atoms with van der Waals surface area (Å²) in [6, 6.07) is 7.96. The molecule has 0 saturated heterocycles. The van der Waals surface area contributed by atoms with Crippen LogP contribution in [0.25, 0.3) is 0 Å². The molecule has 0 aliphatic carbocycles. The Morgan fingerprint density at radius 3 is 2.71 bits per heavy atom. The summed E-state index contributed by atoms with van der Waals surface area (Å²) in [4.78, 5) is 0. The van der Waals surface area contributed by atoms with Gasteiger partial charge >= 0.3 is 6.08 Å². The van der Waals surface area contributed by atoms with Gasteiger partial charge in [-0.1, -0.05) is 30.0 Å². The number of hydrogen-bond donors (Lipinski definition) is 0. The van der Waals surface area contributed by atoms with E-state index in [0.717, 1.165) is 6.42 Å². The SMILES string of the molecule is Cc1ccccc1CCC=C=C(F)F. The van der Waals surface area contributed by atoms with Crippen molar-refractivity contribution in [2.45, 2.75) is 19.8 Å². The van der Waals surface area contributed by atoms with Crippen molar-refractivity contribution in [3.63, 3.8) is 0 Å². The van der Waals surface area contributed by atoms with Crippen LogP contribution in [0.3, 0.4) is 0 Å². The summed E-state index contributed by atoms with van der Waals surface area (Å²) < 4.78 is 23.2. The van der Waals surface area contributed by atoms with Gasteiger partial charge in [-0.3, -0.25) is 0 Å². The minimum atomic E-state index is -1.75. The maximum Gasteiger partial charge on any atom is 0.312 e. The van der Waals surface area contributed by atoms with Gasteiger partial charge in [-0.15, -0.1) is 0 Å². The van der Waals surface area contributed by atoms with Crippen LogP contribution in [0.4, 0.5) is 8.78 Å². The molecule has 74 valence electrons. The van der Waals surface area contributed by atoms with E-state index >= 15 is 0 Å². The third-order valence-electron chi connectivity index (χ3n) is 2.03. The fourth-order valence-electron chi connectivity index (χ4n) is 1.27. The maximum atomic E-state index is 11.6. The minimum Gasteiger partial charge on any atom is -0.164 e. The van der Waals surface area contributed by atoms with Gasteiger partial charge in [0.2, 0.25) is 0 Å². The van der Waals surface area contributed by atoms with Crippen molar-refractivity contribution >= 4 is 0 Å². The van der Waals surface area contributed by atoms with Crippen molar-refractivity contribution in [3.8, 4) is 0 Å². The van der Waals surface area contributed by atoms with E-state index < -0.39 is 6.08 Å². The van der Waals surface area contributed by atoms with E-state index in [4.69, 9.17) is 0 Å². The first kappa shape index (κ1) is 10.7. The van der Waals surface area contributed by atoms with Gasteiger partial charge in [-0.05, 0) is 37.0 Å². The first-order valence-electron chi connectivity index (χ1n) is 4.51. The van der Waals surface area contributed by atoms with Crippen LogP contribution in [0, 0.1) is 6.92 Å². The zero-order valence-electron chi connectivity index (χ0n) is 8.06. The predicted molar refractivity (Wildman–Crippen MR) is 53.3 cm³/mol. The van der Waals surface area contributed by atoms with Crippen LogP contribution in [-0.4, -0.2) is 0 Å². The number of hydrogen-bond acceptors (Lipinski definition) is 0. The first-order chi connectivity index (χ1) is 6.70. The molecule has 0 fully saturated rings. The van der Waals surface area contributed by atoms with E-state index in [1.807, 2.05) is 36.9 Å². The number of rotatable bonds is 3.